The molecule has 2 rings (SSSR count). The summed E-state index contributed by atoms with van der Waals surface area (Å²) in [6.45, 7) is 5.87. The van der Waals surface area contributed by atoms with Crippen LogP contribution in [0.15, 0.2) is 22.7 Å². The Morgan fingerprint density at radius 2 is 2.20 bits per heavy atom. The van der Waals surface area contributed by atoms with Crippen molar-refractivity contribution in [2.45, 2.75) is 20.4 Å². The summed E-state index contributed by atoms with van der Waals surface area (Å²) >= 11 is 3.51. The number of nitrogens with zero attached hydrogens (tertiary/aromatic N) is 4. The fourth-order valence-corrected chi connectivity index (χ4v) is 2.17. The highest BCUT2D eigenvalue weighted by Crippen LogP contribution is 2.25. The molecule has 2 aromatic rings. The Hall–Kier alpha value is -1.47. The van der Waals surface area contributed by atoms with Crippen LogP contribution in [0.4, 0.5) is 0 Å². The van der Waals surface area contributed by atoms with Gasteiger partial charge in [-0.25, -0.2) is 0 Å². The first kappa shape index (κ1) is 14.9. The van der Waals surface area contributed by atoms with Gasteiger partial charge in [0.25, 0.3) is 0 Å². The van der Waals surface area contributed by atoms with Crippen LogP contribution in [0.2, 0.25) is 0 Å². The standard InChI is InChI=1S/C13H18BrN5O/c1-9(2)7-15-8-13-16-17-18-19(13)12-6-10(20-3)4-5-11(12)14/h4-6,9,15H,7-8H2,1-3H3. The second-order valence-electron chi connectivity index (χ2n) is 4.85. The summed E-state index contributed by atoms with van der Waals surface area (Å²) in [5, 5.41) is 15.2. The molecule has 6 nitrogen and oxygen atoms in total. The molecule has 0 aliphatic heterocycles. The van der Waals surface area contributed by atoms with Gasteiger partial charge in [-0.1, -0.05) is 13.8 Å². The summed E-state index contributed by atoms with van der Waals surface area (Å²) in [4.78, 5) is 0. The highest BCUT2D eigenvalue weighted by Gasteiger charge is 2.12. The monoisotopic (exact) mass is 339 g/mol. The molecule has 1 N–H and O–H groups in total. The fourth-order valence-electron chi connectivity index (χ4n) is 1.76. The Morgan fingerprint density at radius 1 is 1.40 bits per heavy atom. The van der Waals surface area contributed by atoms with E-state index in [-0.39, 0.29) is 0 Å². The Kier molecular flexibility index (Phi) is 5.08. The maximum absolute atomic E-state index is 5.24. The SMILES string of the molecule is COc1ccc(Br)c(-n2nnnc2CNCC(C)C)c1. The van der Waals surface area contributed by atoms with E-state index in [1.165, 1.54) is 0 Å². The Balaban J connectivity index is 2.23. The molecule has 7 heteroatoms. The van der Waals surface area contributed by atoms with Crippen molar-refractivity contribution in [3.05, 3.63) is 28.5 Å². The molecule has 0 fully saturated rings. The van der Waals surface area contributed by atoms with Gasteiger partial charge in [0.15, 0.2) is 5.82 Å². The summed E-state index contributed by atoms with van der Waals surface area (Å²) in [7, 11) is 1.64. The average molecular weight is 340 g/mol. The van der Waals surface area contributed by atoms with Gasteiger partial charge in [0.1, 0.15) is 5.75 Å². The van der Waals surface area contributed by atoms with Crippen LogP contribution in [0.1, 0.15) is 19.7 Å². The van der Waals surface area contributed by atoms with Gasteiger partial charge in [-0.3, -0.25) is 0 Å². The molecular formula is C13H18BrN5O. The van der Waals surface area contributed by atoms with E-state index in [0.717, 1.165) is 28.3 Å². The molecular weight excluding hydrogens is 322 g/mol. The van der Waals surface area contributed by atoms with Crippen molar-refractivity contribution in [1.29, 1.82) is 0 Å². The molecule has 0 amide bonds. The normalized spacial score (nSPS) is 11.1. The smallest absolute Gasteiger partial charge is 0.170 e. The molecule has 0 radical (unpaired) electrons. The van der Waals surface area contributed by atoms with Crippen LogP contribution >= 0.6 is 15.9 Å². The minimum absolute atomic E-state index is 0.586. The highest BCUT2D eigenvalue weighted by molar-refractivity contribution is 9.10. The average Bonchev–Trinajstić information content (AvgIpc) is 2.87. The minimum atomic E-state index is 0.586. The van der Waals surface area contributed by atoms with Crippen molar-refractivity contribution < 1.29 is 4.74 Å². The topological polar surface area (TPSA) is 64.9 Å². The third-order valence-corrected chi connectivity index (χ3v) is 3.42. The quantitative estimate of drug-likeness (QED) is 0.873. The van der Waals surface area contributed by atoms with Crippen LogP contribution < -0.4 is 10.1 Å². The second-order valence-corrected chi connectivity index (χ2v) is 5.70. The summed E-state index contributed by atoms with van der Waals surface area (Å²) in [6.07, 6.45) is 0. The van der Waals surface area contributed by atoms with Gasteiger partial charge in [-0.15, -0.1) is 5.10 Å². The lowest BCUT2D eigenvalue weighted by Crippen LogP contribution is -2.21. The number of nitrogens with one attached hydrogen (secondary N) is 1. The van der Waals surface area contributed by atoms with Crippen molar-refractivity contribution in [2.75, 3.05) is 13.7 Å². The van der Waals surface area contributed by atoms with E-state index in [0.29, 0.717) is 12.5 Å². The van der Waals surface area contributed by atoms with Gasteiger partial charge in [0, 0.05) is 10.5 Å². The van der Waals surface area contributed by atoms with Crippen molar-refractivity contribution in [3.63, 3.8) is 0 Å². The van der Waals surface area contributed by atoms with Crippen molar-refractivity contribution in [3.8, 4) is 11.4 Å². The molecule has 0 saturated carbocycles. The van der Waals surface area contributed by atoms with Gasteiger partial charge in [0.05, 0.1) is 19.3 Å². The first-order chi connectivity index (χ1) is 9.61. The van der Waals surface area contributed by atoms with Crippen LogP contribution in [0.25, 0.3) is 5.69 Å². The Bertz CT molecular complexity index is 570. The van der Waals surface area contributed by atoms with E-state index in [9.17, 15) is 0 Å². The molecule has 0 saturated heterocycles. The third kappa shape index (κ3) is 3.55. The Morgan fingerprint density at radius 3 is 2.90 bits per heavy atom. The third-order valence-electron chi connectivity index (χ3n) is 2.75. The maximum atomic E-state index is 5.24. The second kappa shape index (κ2) is 6.81. The number of tetrazole rings is 1. The van der Waals surface area contributed by atoms with Crippen LogP contribution in [-0.2, 0) is 6.54 Å². The number of hydrogen-bond acceptors (Lipinski definition) is 5. The lowest BCUT2D eigenvalue weighted by Gasteiger charge is -2.10. The van der Waals surface area contributed by atoms with Crippen molar-refractivity contribution in [2.24, 2.45) is 5.92 Å². The molecule has 0 bridgehead atoms. The Labute approximate surface area is 126 Å². The molecule has 1 heterocycles. The molecule has 0 aliphatic rings. The first-order valence-corrected chi connectivity index (χ1v) is 7.23. The van der Waals surface area contributed by atoms with Crippen molar-refractivity contribution >= 4 is 15.9 Å². The number of aromatic nitrogens is 4. The molecule has 0 aliphatic carbocycles. The maximum Gasteiger partial charge on any atom is 0.170 e. The predicted octanol–water partition coefficient (Wildman–Crippen LogP) is 2.18. The fraction of sp³-hybridized carbons (Fsp3) is 0.462. The number of benzene rings is 1. The van der Waals surface area contributed by atoms with E-state index in [4.69, 9.17) is 4.74 Å². The van der Waals surface area contributed by atoms with E-state index in [2.05, 4.69) is 50.6 Å². The number of halogens is 1. The number of methoxy groups -OCH3 is 1. The lowest BCUT2D eigenvalue weighted by atomic mass is 10.2. The number of hydrogen-bond donors (Lipinski definition) is 1. The van der Waals surface area contributed by atoms with E-state index in [1.807, 2.05) is 18.2 Å². The zero-order valence-electron chi connectivity index (χ0n) is 11.8. The van der Waals surface area contributed by atoms with Gasteiger partial charge in [0.2, 0.25) is 0 Å². The molecule has 0 spiro atoms. The van der Waals surface area contributed by atoms with Crippen LogP contribution in [0, 0.1) is 5.92 Å². The predicted molar refractivity (Wildman–Crippen MR) is 80.0 cm³/mol. The molecule has 20 heavy (non-hydrogen) atoms. The summed E-state index contributed by atoms with van der Waals surface area (Å²) in [6, 6.07) is 5.70. The van der Waals surface area contributed by atoms with E-state index in [1.54, 1.807) is 11.8 Å². The minimum Gasteiger partial charge on any atom is -0.497 e. The molecule has 1 aromatic carbocycles. The molecule has 1 aromatic heterocycles. The van der Waals surface area contributed by atoms with Gasteiger partial charge in [-0.2, -0.15) is 4.68 Å². The van der Waals surface area contributed by atoms with Gasteiger partial charge < -0.3 is 10.1 Å². The van der Waals surface area contributed by atoms with Crippen LogP contribution in [0.5, 0.6) is 5.75 Å². The van der Waals surface area contributed by atoms with Gasteiger partial charge >= 0.3 is 0 Å². The molecule has 108 valence electrons. The molecule has 0 atom stereocenters. The van der Waals surface area contributed by atoms with Crippen molar-refractivity contribution in [1.82, 2.24) is 25.5 Å². The summed E-state index contributed by atoms with van der Waals surface area (Å²) in [5.41, 5.74) is 0.857. The van der Waals surface area contributed by atoms with E-state index >= 15 is 0 Å². The summed E-state index contributed by atoms with van der Waals surface area (Å²) < 4.78 is 7.86. The zero-order valence-corrected chi connectivity index (χ0v) is 13.4. The van der Waals surface area contributed by atoms with E-state index < -0.39 is 0 Å². The first-order valence-electron chi connectivity index (χ1n) is 6.43. The lowest BCUT2D eigenvalue weighted by molar-refractivity contribution is 0.414. The number of ether oxygens (including phenoxy) is 1. The molecule has 0 unspecified atom stereocenters. The summed E-state index contributed by atoms with van der Waals surface area (Å²) in [5.74, 6) is 2.11. The van der Waals surface area contributed by atoms with Crippen LogP contribution in [-0.4, -0.2) is 33.9 Å². The van der Waals surface area contributed by atoms with Gasteiger partial charge in [-0.05, 0) is 51.0 Å². The zero-order chi connectivity index (χ0) is 14.5. The highest BCUT2D eigenvalue weighted by atomic mass is 79.9. The largest absolute Gasteiger partial charge is 0.497 e. The number of rotatable bonds is 6. The van der Waals surface area contributed by atoms with Crippen LogP contribution in [0.3, 0.4) is 0 Å².